The van der Waals surface area contributed by atoms with Crippen molar-refractivity contribution in [2.45, 2.75) is 33.2 Å². The van der Waals surface area contributed by atoms with Gasteiger partial charge in [0.2, 0.25) is 0 Å². The van der Waals surface area contributed by atoms with Gasteiger partial charge in [0.15, 0.2) is 6.61 Å². The Balaban J connectivity index is 2.39. The maximum atomic E-state index is 11.5. The van der Waals surface area contributed by atoms with Crippen LogP contribution in [-0.2, 0) is 14.3 Å². The molecule has 0 aromatic heterocycles. The summed E-state index contributed by atoms with van der Waals surface area (Å²) in [6.07, 6.45) is 3.76. The average molecular weight is 305 g/mol. The van der Waals surface area contributed by atoms with E-state index in [1.54, 1.807) is 6.08 Å². The number of rotatable bonds is 8. The first kappa shape index (κ1) is 17.8. The van der Waals surface area contributed by atoms with Gasteiger partial charge in [-0.15, -0.1) is 0 Å². The van der Waals surface area contributed by atoms with E-state index in [0.717, 1.165) is 17.7 Å². The second-order valence-electron chi connectivity index (χ2n) is 4.82. The van der Waals surface area contributed by atoms with E-state index >= 15 is 0 Å². The van der Waals surface area contributed by atoms with Gasteiger partial charge in [-0.05, 0) is 44.0 Å². The van der Waals surface area contributed by atoms with E-state index in [-0.39, 0.29) is 18.6 Å². The summed E-state index contributed by atoms with van der Waals surface area (Å²) < 4.78 is 10.2. The van der Waals surface area contributed by atoms with Crippen molar-refractivity contribution in [2.75, 3.05) is 13.2 Å². The van der Waals surface area contributed by atoms with E-state index in [0.29, 0.717) is 6.61 Å². The molecule has 1 amide bonds. The Bertz CT molecular complexity index is 508. The molecule has 0 unspecified atom stereocenters. The fraction of sp³-hybridized carbons (Fsp3) is 0.412. The molecular formula is C17H23NO4. The first-order valence-electron chi connectivity index (χ1n) is 7.42. The number of carbonyl (C=O) groups excluding carboxylic acids is 2. The molecule has 0 radical (unpaired) electrons. The molecule has 0 aliphatic heterocycles. The van der Waals surface area contributed by atoms with Crippen molar-refractivity contribution in [1.82, 2.24) is 5.32 Å². The van der Waals surface area contributed by atoms with Gasteiger partial charge in [-0.3, -0.25) is 4.79 Å². The molecule has 1 N–H and O–H groups in total. The number of benzene rings is 1. The molecule has 0 fully saturated rings. The Morgan fingerprint density at radius 2 is 1.91 bits per heavy atom. The predicted molar refractivity (Wildman–Crippen MR) is 85.5 cm³/mol. The lowest BCUT2D eigenvalue weighted by molar-refractivity contribution is -0.144. The SMILES string of the molecule is CCOc1ccc(/C=C/C(=O)OCC(=O)N[C@H](C)CC)cc1. The summed E-state index contributed by atoms with van der Waals surface area (Å²) in [6.45, 7) is 6.13. The van der Waals surface area contributed by atoms with Crippen LogP contribution in [0.4, 0.5) is 0 Å². The zero-order chi connectivity index (χ0) is 16.4. The zero-order valence-electron chi connectivity index (χ0n) is 13.3. The van der Waals surface area contributed by atoms with E-state index in [2.05, 4.69) is 5.32 Å². The smallest absolute Gasteiger partial charge is 0.331 e. The summed E-state index contributed by atoms with van der Waals surface area (Å²) in [5, 5.41) is 2.72. The summed E-state index contributed by atoms with van der Waals surface area (Å²) in [6, 6.07) is 7.40. The molecule has 1 rings (SSSR count). The normalized spacial score (nSPS) is 12.0. The molecule has 0 spiro atoms. The topological polar surface area (TPSA) is 64.6 Å². The fourth-order valence-electron chi connectivity index (χ4n) is 1.61. The third-order valence-corrected chi connectivity index (χ3v) is 2.97. The number of esters is 1. The van der Waals surface area contributed by atoms with Gasteiger partial charge < -0.3 is 14.8 Å². The minimum absolute atomic E-state index is 0.0746. The Morgan fingerprint density at radius 1 is 1.23 bits per heavy atom. The van der Waals surface area contributed by atoms with Crippen molar-refractivity contribution >= 4 is 18.0 Å². The van der Waals surface area contributed by atoms with Crippen molar-refractivity contribution in [3.05, 3.63) is 35.9 Å². The van der Waals surface area contributed by atoms with E-state index in [9.17, 15) is 9.59 Å². The summed E-state index contributed by atoms with van der Waals surface area (Å²) in [7, 11) is 0. The maximum absolute atomic E-state index is 11.5. The quantitative estimate of drug-likeness (QED) is 0.592. The van der Waals surface area contributed by atoms with Crippen molar-refractivity contribution in [3.8, 4) is 5.75 Å². The molecule has 1 aromatic rings. The van der Waals surface area contributed by atoms with Gasteiger partial charge in [-0.2, -0.15) is 0 Å². The predicted octanol–water partition coefficient (Wildman–Crippen LogP) is 2.56. The Hall–Kier alpha value is -2.30. The van der Waals surface area contributed by atoms with Crippen LogP contribution in [0.5, 0.6) is 5.75 Å². The summed E-state index contributed by atoms with van der Waals surface area (Å²) in [5.41, 5.74) is 0.851. The van der Waals surface area contributed by atoms with E-state index < -0.39 is 5.97 Å². The molecule has 0 saturated carbocycles. The molecule has 5 nitrogen and oxygen atoms in total. The number of amides is 1. The minimum atomic E-state index is -0.548. The molecule has 5 heteroatoms. The van der Waals surface area contributed by atoms with Crippen LogP contribution >= 0.6 is 0 Å². The molecule has 0 aliphatic carbocycles. The Labute approximate surface area is 131 Å². The molecule has 120 valence electrons. The highest BCUT2D eigenvalue weighted by atomic mass is 16.5. The van der Waals surface area contributed by atoms with Crippen LogP contribution < -0.4 is 10.1 Å². The highest BCUT2D eigenvalue weighted by Gasteiger charge is 2.07. The first-order valence-corrected chi connectivity index (χ1v) is 7.42. The molecule has 0 aliphatic rings. The van der Waals surface area contributed by atoms with Crippen LogP contribution in [0.2, 0.25) is 0 Å². The van der Waals surface area contributed by atoms with Crippen LogP contribution in [0.1, 0.15) is 32.8 Å². The van der Waals surface area contributed by atoms with Gasteiger partial charge in [0.1, 0.15) is 5.75 Å². The van der Waals surface area contributed by atoms with Crippen molar-refractivity contribution in [1.29, 1.82) is 0 Å². The van der Waals surface area contributed by atoms with Crippen LogP contribution in [0.3, 0.4) is 0 Å². The third-order valence-electron chi connectivity index (χ3n) is 2.97. The lowest BCUT2D eigenvalue weighted by atomic mass is 10.2. The largest absolute Gasteiger partial charge is 0.494 e. The average Bonchev–Trinajstić information content (AvgIpc) is 2.52. The number of hydrogen-bond acceptors (Lipinski definition) is 4. The summed E-state index contributed by atoms with van der Waals surface area (Å²) in [4.78, 5) is 23.0. The summed E-state index contributed by atoms with van der Waals surface area (Å²) in [5.74, 6) is -0.0608. The van der Waals surface area contributed by atoms with Crippen LogP contribution in [-0.4, -0.2) is 31.1 Å². The molecular weight excluding hydrogens is 282 g/mol. The second-order valence-corrected chi connectivity index (χ2v) is 4.82. The van der Waals surface area contributed by atoms with Gasteiger partial charge in [-0.1, -0.05) is 19.1 Å². The maximum Gasteiger partial charge on any atom is 0.331 e. The summed E-state index contributed by atoms with van der Waals surface area (Å²) >= 11 is 0. The van der Waals surface area contributed by atoms with E-state index in [1.165, 1.54) is 6.08 Å². The van der Waals surface area contributed by atoms with Gasteiger partial charge in [0.25, 0.3) is 5.91 Å². The lowest BCUT2D eigenvalue weighted by Crippen LogP contribution is -2.35. The number of hydrogen-bond donors (Lipinski definition) is 1. The highest BCUT2D eigenvalue weighted by Crippen LogP contribution is 2.13. The van der Waals surface area contributed by atoms with Crippen molar-refractivity contribution in [3.63, 3.8) is 0 Å². The monoisotopic (exact) mass is 305 g/mol. The van der Waals surface area contributed by atoms with Gasteiger partial charge in [0.05, 0.1) is 6.61 Å². The van der Waals surface area contributed by atoms with E-state index in [4.69, 9.17) is 9.47 Å². The van der Waals surface area contributed by atoms with Crippen molar-refractivity contribution < 1.29 is 19.1 Å². The molecule has 1 aromatic carbocycles. The minimum Gasteiger partial charge on any atom is -0.494 e. The van der Waals surface area contributed by atoms with Gasteiger partial charge >= 0.3 is 5.97 Å². The van der Waals surface area contributed by atoms with Gasteiger partial charge in [-0.25, -0.2) is 4.79 Å². The molecule has 0 saturated heterocycles. The van der Waals surface area contributed by atoms with Crippen LogP contribution in [0, 0.1) is 0 Å². The number of carbonyl (C=O) groups is 2. The lowest BCUT2D eigenvalue weighted by Gasteiger charge is -2.10. The van der Waals surface area contributed by atoms with Crippen molar-refractivity contribution in [2.24, 2.45) is 0 Å². The first-order chi connectivity index (χ1) is 10.5. The Morgan fingerprint density at radius 3 is 2.50 bits per heavy atom. The zero-order valence-corrected chi connectivity index (χ0v) is 13.3. The molecule has 0 heterocycles. The number of nitrogens with one attached hydrogen (secondary N) is 1. The molecule has 1 atom stereocenters. The van der Waals surface area contributed by atoms with Crippen LogP contribution in [0.25, 0.3) is 6.08 Å². The fourth-order valence-corrected chi connectivity index (χ4v) is 1.61. The van der Waals surface area contributed by atoms with Gasteiger partial charge in [0, 0.05) is 12.1 Å². The third kappa shape index (κ3) is 6.92. The highest BCUT2D eigenvalue weighted by molar-refractivity contribution is 5.89. The second kappa shape index (κ2) is 9.60. The van der Waals surface area contributed by atoms with Crippen LogP contribution in [0.15, 0.2) is 30.3 Å². The molecule has 22 heavy (non-hydrogen) atoms. The Kier molecular flexibility index (Phi) is 7.75. The molecule has 0 bridgehead atoms. The standard InChI is InChI=1S/C17H23NO4/c1-4-13(3)18-16(19)12-22-17(20)11-8-14-6-9-15(10-7-14)21-5-2/h6-11,13H,4-5,12H2,1-3H3,(H,18,19)/b11-8+/t13-/m1/s1. The number of ether oxygens (including phenoxy) is 2. The van der Waals surface area contributed by atoms with E-state index in [1.807, 2.05) is 45.0 Å².